The van der Waals surface area contributed by atoms with Gasteiger partial charge in [-0.3, -0.25) is 4.98 Å². The van der Waals surface area contributed by atoms with Gasteiger partial charge in [-0.05, 0) is 37.8 Å². The van der Waals surface area contributed by atoms with Crippen LogP contribution in [0.15, 0.2) is 24.4 Å². The van der Waals surface area contributed by atoms with Crippen molar-refractivity contribution in [3.05, 3.63) is 30.1 Å². The lowest BCUT2D eigenvalue weighted by molar-refractivity contribution is 0.148. The van der Waals surface area contributed by atoms with Crippen molar-refractivity contribution >= 4 is 6.03 Å². The Bertz CT molecular complexity index is 380. The Morgan fingerprint density at radius 1 is 1.50 bits per heavy atom. The molecule has 0 saturated carbocycles. The van der Waals surface area contributed by atoms with Crippen molar-refractivity contribution in [2.24, 2.45) is 0 Å². The molecule has 0 spiro atoms. The molecule has 1 fully saturated rings. The molecular weight excluding hydrogens is 226 g/mol. The van der Waals surface area contributed by atoms with Gasteiger partial charge < -0.3 is 10.2 Å². The lowest BCUT2D eigenvalue weighted by Gasteiger charge is -2.35. The highest BCUT2D eigenvalue weighted by Crippen LogP contribution is 2.19. The fraction of sp³-hybridized carbons (Fsp3) is 0.571. The predicted molar refractivity (Wildman–Crippen MR) is 71.1 cm³/mol. The van der Waals surface area contributed by atoms with Crippen LogP contribution < -0.4 is 5.32 Å². The maximum absolute atomic E-state index is 12.1. The summed E-state index contributed by atoms with van der Waals surface area (Å²) in [4.78, 5) is 18.3. The number of piperidine rings is 1. The average molecular weight is 247 g/mol. The minimum absolute atomic E-state index is 0.0483. The summed E-state index contributed by atoms with van der Waals surface area (Å²) in [5, 5.41) is 2.96. The second-order valence-corrected chi connectivity index (χ2v) is 4.73. The van der Waals surface area contributed by atoms with Crippen molar-refractivity contribution in [3.63, 3.8) is 0 Å². The Morgan fingerprint density at radius 3 is 3.11 bits per heavy atom. The molecule has 1 unspecified atom stereocenters. The molecule has 2 heterocycles. The monoisotopic (exact) mass is 247 g/mol. The van der Waals surface area contributed by atoms with Gasteiger partial charge in [0.05, 0.1) is 12.2 Å². The van der Waals surface area contributed by atoms with Gasteiger partial charge in [-0.25, -0.2) is 4.79 Å². The molecule has 1 aliphatic heterocycles. The Hall–Kier alpha value is -1.58. The van der Waals surface area contributed by atoms with Gasteiger partial charge >= 0.3 is 6.03 Å². The number of likely N-dealkylation sites (tertiary alicyclic amines) is 1. The van der Waals surface area contributed by atoms with E-state index in [-0.39, 0.29) is 6.03 Å². The summed E-state index contributed by atoms with van der Waals surface area (Å²) >= 11 is 0. The molecule has 0 bridgehead atoms. The number of rotatable bonds is 3. The topological polar surface area (TPSA) is 45.2 Å². The summed E-state index contributed by atoms with van der Waals surface area (Å²) < 4.78 is 0. The molecule has 1 N–H and O–H groups in total. The molecule has 1 aliphatic rings. The van der Waals surface area contributed by atoms with Crippen LogP contribution in [0.25, 0.3) is 0 Å². The highest BCUT2D eigenvalue weighted by Gasteiger charge is 2.24. The molecule has 1 saturated heterocycles. The lowest BCUT2D eigenvalue weighted by atomic mass is 10.0. The molecular formula is C14H21N3O. The first-order valence-corrected chi connectivity index (χ1v) is 6.75. The number of urea groups is 1. The van der Waals surface area contributed by atoms with Crippen LogP contribution >= 0.6 is 0 Å². The third-order valence-corrected chi connectivity index (χ3v) is 3.51. The first-order valence-electron chi connectivity index (χ1n) is 6.75. The van der Waals surface area contributed by atoms with Crippen molar-refractivity contribution in [2.75, 3.05) is 6.54 Å². The maximum Gasteiger partial charge on any atom is 0.317 e. The Kier molecular flexibility index (Phi) is 4.56. The summed E-state index contributed by atoms with van der Waals surface area (Å²) in [7, 11) is 0. The number of pyridine rings is 1. The van der Waals surface area contributed by atoms with Crippen molar-refractivity contribution < 1.29 is 4.79 Å². The molecule has 4 nitrogen and oxygen atoms in total. The summed E-state index contributed by atoms with van der Waals surface area (Å²) in [5.74, 6) is 0. The van der Waals surface area contributed by atoms with Crippen LogP contribution in [0.1, 0.15) is 38.3 Å². The second-order valence-electron chi connectivity index (χ2n) is 4.73. The van der Waals surface area contributed by atoms with E-state index in [1.165, 1.54) is 6.42 Å². The van der Waals surface area contributed by atoms with E-state index in [1.807, 2.05) is 23.1 Å². The fourth-order valence-corrected chi connectivity index (χ4v) is 2.46. The standard InChI is InChI=1S/C14H21N3O/c1-2-13-8-4-6-10-17(13)14(18)16-11-12-7-3-5-9-15-12/h3,5,7,9,13H,2,4,6,8,10-11H2,1H3,(H,16,18). The van der Waals surface area contributed by atoms with Gasteiger partial charge in [0.25, 0.3) is 0 Å². The van der Waals surface area contributed by atoms with Crippen LogP contribution in [-0.4, -0.2) is 28.5 Å². The zero-order valence-electron chi connectivity index (χ0n) is 10.9. The van der Waals surface area contributed by atoms with E-state index in [4.69, 9.17) is 0 Å². The molecule has 18 heavy (non-hydrogen) atoms. The van der Waals surface area contributed by atoms with Crippen molar-refractivity contribution in [2.45, 2.75) is 45.2 Å². The zero-order valence-corrected chi connectivity index (χ0v) is 10.9. The highest BCUT2D eigenvalue weighted by molar-refractivity contribution is 5.74. The Morgan fingerprint density at radius 2 is 2.39 bits per heavy atom. The molecule has 0 aliphatic carbocycles. The van der Waals surface area contributed by atoms with Crippen LogP contribution in [0.5, 0.6) is 0 Å². The summed E-state index contributed by atoms with van der Waals surface area (Å²) in [6.45, 7) is 3.54. The van der Waals surface area contributed by atoms with E-state index in [2.05, 4.69) is 17.2 Å². The fourth-order valence-electron chi connectivity index (χ4n) is 2.46. The third-order valence-electron chi connectivity index (χ3n) is 3.51. The molecule has 2 amide bonds. The van der Waals surface area contributed by atoms with Crippen LogP contribution in [-0.2, 0) is 6.54 Å². The van der Waals surface area contributed by atoms with E-state index >= 15 is 0 Å². The summed E-state index contributed by atoms with van der Waals surface area (Å²) in [6, 6.07) is 6.19. The van der Waals surface area contributed by atoms with Crippen LogP contribution in [0.2, 0.25) is 0 Å². The van der Waals surface area contributed by atoms with Gasteiger partial charge in [-0.1, -0.05) is 13.0 Å². The van der Waals surface area contributed by atoms with E-state index < -0.39 is 0 Å². The lowest BCUT2D eigenvalue weighted by Crippen LogP contribution is -2.48. The van der Waals surface area contributed by atoms with Gasteiger partial charge in [0.15, 0.2) is 0 Å². The number of aromatic nitrogens is 1. The SMILES string of the molecule is CCC1CCCCN1C(=O)NCc1ccccn1. The minimum atomic E-state index is 0.0483. The highest BCUT2D eigenvalue weighted by atomic mass is 16.2. The van der Waals surface area contributed by atoms with E-state index in [0.29, 0.717) is 12.6 Å². The molecule has 4 heteroatoms. The van der Waals surface area contributed by atoms with E-state index in [0.717, 1.165) is 31.5 Å². The number of carbonyl (C=O) groups excluding carboxylic acids is 1. The Labute approximate surface area is 108 Å². The second kappa shape index (κ2) is 6.38. The first kappa shape index (κ1) is 12.9. The van der Waals surface area contributed by atoms with Crippen molar-refractivity contribution in [3.8, 4) is 0 Å². The molecule has 98 valence electrons. The quantitative estimate of drug-likeness (QED) is 0.892. The molecule has 0 aromatic carbocycles. The number of carbonyl (C=O) groups is 1. The molecule has 0 radical (unpaired) electrons. The smallest absolute Gasteiger partial charge is 0.317 e. The normalized spacial score (nSPS) is 19.6. The number of hydrogen-bond donors (Lipinski definition) is 1. The average Bonchev–Trinajstić information content (AvgIpc) is 2.45. The van der Waals surface area contributed by atoms with Crippen molar-refractivity contribution in [1.29, 1.82) is 0 Å². The number of nitrogens with one attached hydrogen (secondary N) is 1. The molecule has 1 atom stereocenters. The van der Waals surface area contributed by atoms with Gasteiger partial charge in [-0.2, -0.15) is 0 Å². The predicted octanol–water partition coefficient (Wildman–Crippen LogP) is 2.56. The van der Waals surface area contributed by atoms with Gasteiger partial charge in [0, 0.05) is 18.8 Å². The molecule has 1 aromatic rings. The number of hydrogen-bond acceptors (Lipinski definition) is 2. The number of nitrogens with zero attached hydrogens (tertiary/aromatic N) is 2. The van der Waals surface area contributed by atoms with Crippen LogP contribution in [0, 0.1) is 0 Å². The Balaban J connectivity index is 1.87. The minimum Gasteiger partial charge on any atom is -0.332 e. The van der Waals surface area contributed by atoms with E-state index in [1.54, 1.807) is 6.20 Å². The van der Waals surface area contributed by atoms with Crippen LogP contribution in [0.3, 0.4) is 0 Å². The largest absolute Gasteiger partial charge is 0.332 e. The summed E-state index contributed by atoms with van der Waals surface area (Å²) in [5.41, 5.74) is 0.899. The molecule has 1 aromatic heterocycles. The third kappa shape index (κ3) is 3.22. The first-order chi connectivity index (χ1) is 8.81. The van der Waals surface area contributed by atoms with Gasteiger partial charge in [0.1, 0.15) is 0 Å². The zero-order chi connectivity index (χ0) is 12.8. The maximum atomic E-state index is 12.1. The van der Waals surface area contributed by atoms with Gasteiger partial charge in [-0.15, -0.1) is 0 Å². The number of amides is 2. The molecule has 2 rings (SSSR count). The van der Waals surface area contributed by atoms with Gasteiger partial charge in [0.2, 0.25) is 0 Å². The van der Waals surface area contributed by atoms with Crippen molar-refractivity contribution in [1.82, 2.24) is 15.2 Å². The van der Waals surface area contributed by atoms with E-state index in [9.17, 15) is 4.79 Å². The van der Waals surface area contributed by atoms with Crippen LogP contribution in [0.4, 0.5) is 4.79 Å². The summed E-state index contributed by atoms with van der Waals surface area (Å²) in [6.07, 6.45) is 6.28.